The summed E-state index contributed by atoms with van der Waals surface area (Å²) in [5, 5.41) is 0. The quantitative estimate of drug-likeness (QED) is 0.723. The van der Waals surface area contributed by atoms with Gasteiger partial charge in [0.25, 0.3) is 0 Å². The third-order valence-electron chi connectivity index (χ3n) is 3.71. The Hall–Kier alpha value is -1.02. The van der Waals surface area contributed by atoms with Gasteiger partial charge in [-0.1, -0.05) is 18.2 Å². The first-order chi connectivity index (χ1) is 8.27. The fourth-order valence-corrected chi connectivity index (χ4v) is 2.64. The summed E-state index contributed by atoms with van der Waals surface area (Å²) in [4.78, 5) is 2.61. The topological polar surface area (TPSA) is 12.5 Å². The smallest absolute Gasteiger partial charge is 0.119 e. The zero-order valence-electron chi connectivity index (χ0n) is 10.9. The second kappa shape index (κ2) is 6.06. The third kappa shape index (κ3) is 3.47. The molecule has 1 aliphatic heterocycles. The molecule has 0 radical (unpaired) electrons. The Morgan fingerprint density at radius 1 is 1.12 bits per heavy atom. The number of likely N-dealkylation sites (tertiary alicyclic amines) is 1. The van der Waals surface area contributed by atoms with E-state index >= 15 is 0 Å². The zero-order valence-corrected chi connectivity index (χ0v) is 10.9. The van der Waals surface area contributed by atoms with Crippen LogP contribution in [0.15, 0.2) is 30.3 Å². The molecule has 94 valence electrons. The highest BCUT2D eigenvalue weighted by Gasteiger charge is 2.26. The summed E-state index contributed by atoms with van der Waals surface area (Å²) in [6, 6.07) is 11.6. The normalized spacial score (nSPS) is 25.1. The van der Waals surface area contributed by atoms with Crippen molar-refractivity contribution in [3.8, 4) is 5.75 Å². The molecule has 1 heterocycles. The zero-order chi connectivity index (χ0) is 12.1. The lowest BCUT2D eigenvalue weighted by Crippen LogP contribution is -2.34. The number of rotatable bonds is 5. The van der Waals surface area contributed by atoms with Crippen LogP contribution in [0.25, 0.3) is 0 Å². The minimum absolute atomic E-state index is 0.752. The first kappa shape index (κ1) is 12.4. The molecule has 0 bridgehead atoms. The highest BCUT2D eigenvalue weighted by Crippen LogP contribution is 2.23. The Morgan fingerprint density at radius 2 is 1.76 bits per heavy atom. The van der Waals surface area contributed by atoms with Crippen LogP contribution in [0.3, 0.4) is 0 Å². The Balaban J connectivity index is 1.66. The molecule has 1 aromatic rings. The molecule has 2 atom stereocenters. The fraction of sp³-hybridized carbons (Fsp3) is 0.600. The van der Waals surface area contributed by atoms with Crippen LogP contribution < -0.4 is 4.74 Å². The van der Waals surface area contributed by atoms with Crippen LogP contribution in [0.5, 0.6) is 5.75 Å². The Kier molecular flexibility index (Phi) is 4.43. The van der Waals surface area contributed by atoms with Crippen LogP contribution in [0, 0.1) is 0 Å². The van der Waals surface area contributed by atoms with E-state index in [1.54, 1.807) is 0 Å². The molecule has 1 aliphatic rings. The average molecular weight is 233 g/mol. The second-order valence-electron chi connectivity index (χ2n) is 5.03. The predicted molar refractivity (Wildman–Crippen MR) is 71.4 cm³/mol. The minimum atomic E-state index is 0.752. The van der Waals surface area contributed by atoms with E-state index in [4.69, 9.17) is 4.74 Å². The molecular weight excluding hydrogens is 210 g/mol. The molecular formula is C15H23NO. The Labute approximate surface area is 105 Å². The first-order valence-electron chi connectivity index (χ1n) is 6.71. The standard InChI is InChI=1S/C15H23NO/c1-13-9-10-14(2)16(13)11-6-12-17-15-7-4-3-5-8-15/h3-5,7-8,13-14H,6,9-12H2,1-2H3. The van der Waals surface area contributed by atoms with Crippen molar-refractivity contribution in [3.63, 3.8) is 0 Å². The summed E-state index contributed by atoms with van der Waals surface area (Å²) in [6.45, 7) is 6.65. The van der Waals surface area contributed by atoms with Crippen molar-refractivity contribution in [2.75, 3.05) is 13.2 Å². The third-order valence-corrected chi connectivity index (χ3v) is 3.71. The van der Waals surface area contributed by atoms with Crippen LogP contribution in [-0.2, 0) is 0 Å². The number of nitrogens with zero attached hydrogens (tertiary/aromatic N) is 1. The number of benzene rings is 1. The van der Waals surface area contributed by atoms with Gasteiger partial charge in [-0.05, 0) is 45.2 Å². The van der Waals surface area contributed by atoms with Gasteiger partial charge in [-0.15, -0.1) is 0 Å². The summed E-state index contributed by atoms with van der Waals surface area (Å²) < 4.78 is 5.71. The summed E-state index contributed by atoms with van der Waals surface area (Å²) in [7, 11) is 0. The van der Waals surface area contributed by atoms with E-state index in [-0.39, 0.29) is 0 Å². The van der Waals surface area contributed by atoms with Crippen LogP contribution in [0.1, 0.15) is 33.1 Å². The summed E-state index contributed by atoms with van der Waals surface area (Å²) in [6.07, 6.45) is 3.81. The van der Waals surface area contributed by atoms with Crippen molar-refractivity contribution in [1.82, 2.24) is 4.90 Å². The highest BCUT2D eigenvalue weighted by molar-refractivity contribution is 5.20. The van der Waals surface area contributed by atoms with E-state index in [9.17, 15) is 0 Å². The first-order valence-corrected chi connectivity index (χ1v) is 6.71. The molecule has 2 heteroatoms. The lowest BCUT2D eigenvalue weighted by molar-refractivity contribution is 0.191. The number of para-hydroxylation sites is 1. The fourth-order valence-electron chi connectivity index (χ4n) is 2.64. The minimum Gasteiger partial charge on any atom is -0.494 e. The molecule has 0 aliphatic carbocycles. The summed E-state index contributed by atoms with van der Waals surface area (Å²) >= 11 is 0. The SMILES string of the molecule is CC1CCC(C)N1CCCOc1ccccc1. The van der Waals surface area contributed by atoms with Crippen molar-refractivity contribution in [2.24, 2.45) is 0 Å². The van der Waals surface area contributed by atoms with Crippen molar-refractivity contribution < 1.29 is 4.74 Å². The van der Waals surface area contributed by atoms with Crippen molar-refractivity contribution in [2.45, 2.75) is 45.2 Å². The molecule has 1 saturated heterocycles. The second-order valence-corrected chi connectivity index (χ2v) is 5.03. The van der Waals surface area contributed by atoms with Gasteiger partial charge in [0.1, 0.15) is 5.75 Å². The molecule has 2 nitrogen and oxygen atoms in total. The maximum atomic E-state index is 5.71. The van der Waals surface area contributed by atoms with Gasteiger partial charge in [-0.25, -0.2) is 0 Å². The van der Waals surface area contributed by atoms with E-state index in [0.29, 0.717) is 0 Å². The van der Waals surface area contributed by atoms with E-state index in [1.807, 2.05) is 30.3 Å². The van der Waals surface area contributed by atoms with Gasteiger partial charge >= 0.3 is 0 Å². The number of hydrogen-bond acceptors (Lipinski definition) is 2. The molecule has 0 spiro atoms. The average Bonchev–Trinajstić information content (AvgIpc) is 2.67. The summed E-state index contributed by atoms with van der Waals surface area (Å²) in [5.74, 6) is 0.981. The largest absolute Gasteiger partial charge is 0.494 e. The van der Waals surface area contributed by atoms with E-state index in [1.165, 1.54) is 12.8 Å². The molecule has 17 heavy (non-hydrogen) atoms. The predicted octanol–water partition coefficient (Wildman–Crippen LogP) is 3.33. The molecule has 0 aromatic heterocycles. The molecule has 0 saturated carbocycles. The molecule has 0 N–H and O–H groups in total. The van der Waals surface area contributed by atoms with E-state index in [0.717, 1.165) is 37.4 Å². The highest BCUT2D eigenvalue weighted by atomic mass is 16.5. The van der Waals surface area contributed by atoms with Gasteiger partial charge in [0.15, 0.2) is 0 Å². The molecule has 2 rings (SSSR count). The van der Waals surface area contributed by atoms with Gasteiger partial charge < -0.3 is 4.74 Å². The molecule has 1 aromatic carbocycles. The molecule has 1 fully saturated rings. The van der Waals surface area contributed by atoms with Gasteiger partial charge in [-0.3, -0.25) is 4.90 Å². The van der Waals surface area contributed by atoms with Crippen LogP contribution in [-0.4, -0.2) is 30.1 Å². The van der Waals surface area contributed by atoms with Crippen molar-refractivity contribution in [3.05, 3.63) is 30.3 Å². The Morgan fingerprint density at radius 3 is 2.41 bits per heavy atom. The van der Waals surface area contributed by atoms with E-state index < -0.39 is 0 Å². The lowest BCUT2D eigenvalue weighted by Gasteiger charge is -2.25. The maximum absolute atomic E-state index is 5.71. The van der Waals surface area contributed by atoms with Crippen molar-refractivity contribution >= 4 is 0 Å². The Bertz CT molecular complexity index is 315. The van der Waals surface area contributed by atoms with Crippen LogP contribution in [0.4, 0.5) is 0 Å². The van der Waals surface area contributed by atoms with Gasteiger partial charge in [0.05, 0.1) is 6.61 Å². The monoisotopic (exact) mass is 233 g/mol. The van der Waals surface area contributed by atoms with Gasteiger partial charge in [-0.2, -0.15) is 0 Å². The molecule has 2 unspecified atom stereocenters. The maximum Gasteiger partial charge on any atom is 0.119 e. The van der Waals surface area contributed by atoms with Crippen LogP contribution >= 0.6 is 0 Å². The van der Waals surface area contributed by atoms with E-state index in [2.05, 4.69) is 18.7 Å². The number of hydrogen-bond donors (Lipinski definition) is 0. The van der Waals surface area contributed by atoms with Crippen LogP contribution in [0.2, 0.25) is 0 Å². The number of ether oxygens (including phenoxy) is 1. The lowest BCUT2D eigenvalue weighted by atomic mass is 10.2. The van der Waals surface area contributed by atoms with Crippen molar-refractivity contribution in [1.29, 1.82) is 0 Å². The molecule has 0 amide bonds. The van der Waals surface area contributed by atoms with Gasteiger partial charge in [0, 0.05) is 18.6 Å². The summed E-state index contributed by atoms with van der Waals surface area (Å²) in [5.41, 5.74) is 0. The van der Waals surface area contributed by atoms with Gasteiger partial charge in [0.2, 0.25) is 0 Å².